The average molecular weight is 352 g/mol. The summed E-state index contributed by atoms with van der Waals surface area (Å²) in [6, 6.07) is 7.42. The van der Waals surface area contributed by atoms with E-state index in [0.717, 1.165) is 18.4 Å². The van der Waals surface area contributed by atoms with Gasteiger partial charge in [-0.2, -0.15) is 4.31 Å². The number of nitrogens with zero attached hydrogens (tertiary/aromatic N) is 1. The fraction of sp³-hybridized carbons (Fsp3) is 0.588. The maximum absolute atomic E-state index is 12.2. The third-order valence-corrected chi connectivity index (χ3v) is 6.06. The maximum atomic E-state index is 12.2. The van der Waals surface area contributed by atoms with Gasteiger partial charge in [0.2, 0.25) is 10.0 Å². The molecule has 2 fully saturated rings. The molecule has 2 aliphatic rings. The van der Waals surface area contributed by atoms with Crippen molar-refractivity contribution in [1.29, 1.82) is 0 Å². The molecule has 0 bridgehead atoms. The monoisotopic (exact) mass is 352 g/mol. The molecule has 1 aromatic carbocycles. The molecule has 7 heteroatoms. The van der Waals surface area contributed by atoms with E-state index in [1.54, 1.807) is 0 Å². The predicted molar refractivity (Wildman–Crippen MR) is 91.2 cm³/mol. The Morgan fingerprint density at radius 3 is 2.62 bits per heavy atom. The lowest BCUT2D eigenvalue weighted by Crippen LogP contribution is -2.43. The summed E-state index contributed by atoms with van der Waals surface area (Å²) in [6.45, 7) is 2.73. The summed E-state index contributed by atoms with van der Waals surface area (Å²) < 4.78 is 30.6. The van der Waals surface area contributed by atoms with Gasteiger partial charge >= 0.3 is 0 Å². The van der Waals surface area contributed by atoms with E-state index in [2.05, 4.69) is 5.32 Å². The van der Waals surface area contributed by atoms with E-state index in [0.29, 0.717) is 24.8 Å². The van der Waals surface area contributed by atoms with Gasteiger partial charge < -0.3 is 10.1 Å². The second kappa shape index (κ2) is 6.72. The van der Waals surface area contributed by atoms with Crippen LogP contribution >= 0.6 is 0 Å². The summed E-state index contributed by atoms with van der Waals surface area (Å²) in [5.41, 5.74) is 0.977. The van der Waals surface area contributed by atoms with E-state index < -0.39 is 10.0 Å². The van der Waals surface area contributed by atoms with Crippen LogP contribution < -0.4 is 10.1 Å². The molecular formula is C17H24N2O4S. The highest BCUT2D eigenvalue weighted by Crippen LogP contribution is 2.41. The molecule has 1 aromatic rings. The Labute approximate surface area is 143 Å². The summed E-state index contributed by atoms with van der Waals surface area (Å²) in [5.74, 6) is 1.22. The van der Waals surface area contributed by atoms with Crippen molar-refractivity contribution in [3.63, 3.8) is 0 Å². The molecule has 132 valence electrons. The van der Waals surface area contributed by atoms with Crippen molar-refractivity contribution in [2.75, 3.05) is 26.0 Å². The van der Waals surface area contributed by atoms with Crippen LogP contribution in [0, 0.1) is 18.8 Å². The van der Waals surface area contributed by atoms with Gasteiger partial charge in [-0.15, -0.1) is 0 Å². The van der Waals surface area contributed by atoms with Crippen LogP contribution in [0.25, 0.3) is 0 Å². The molecule has 1 aliphatic heterocycles. The Bertz CT molecular complexity index is 715. The first-order valence-corrected chi connectivity index (χ1v) is 10.1. The Hall–Kier alpha value is -1.60. The standard InChI is InChI=1S/C17H24N2O4S/c1-12-5-3-4-6-16(12)23-11-17(20)18-15-10-19(24(2,21)22)9-14(15)13-7-8-13/h3-6,13-15H,7-11H2,1-2H3,(H,18,20)/t14-,15+/m1/s1. The number of para-hydroxylation sites is 1. The normalized spacial score (nSPS) is 24.8. The molecule has 6 nitrogen and oxygen atoms in total. The van der Waals surface area contributed by atoms with Gasteiger partial charge in [-0.25, -0.2) is 8.42 Å². The van der Waals surface area contributed by atoms with E-state index >= 15 is 0 Å². The van der Waals surface area contributed by atoms with E-state index in [1.165, 1.54) is 10.6 Å². The van der Waals surface area contributed by atoms with E-state index in [4.69, 9.17) is 4.74 Å². The number of sulfonamides is 1. The minimum absolute atomic E-state index is 0.0579. The smallest absolute Gasteiger partial charge is 0.258 e. The van der Waals surface area contributed by atoms with E-state index in [-0.39, 0.29) is 24.5 Å². The quantitative estimate of drug-likeness (QED) is 0.834. The lowest BCUT2D eigenvalue weighted by Gasteiger charge is -2.19. The zero-order valence-electron chi connectivity index (χ0n) is 14.1. The molecule has 0 radical (unpaired) electrons. The first-order chi connectivity index (χ1) is 11.3. The Morgan fingerprint density at radius 1 is 1.29 bits per heavy atom. The molecule has 0 unspecified atom stereocenters. The molecule has 0 aromatic heterocycles. The van der Waals surface area contributed by atoms with Crippen molar-refractivity contribution >= 4 is 15.9 Å². The predicted octanol–water partition coefficient (Wildman–Crippen LogP) is 1.16. The minimum Gasteiger partial charge on any atom is -0.484 e. The highest BCUT2D eigenvalue weighted by Gasteiger charge is 2.45. The second-order valence-electron chi connectivity index (χ2n) is 6.81. The molecule has 3 rings (SSSR count). The molecule has 24 heavy (non-hydrogen) atoms. The first kappa shape index (κ1) is 17.2. The molecule has 1 aliphatic carbocycles. The van der Waals surface area contributed by atoms with Crippen molar-refractivity contribution in [2.45, 2.75) is 25.8 Å². The van der Waals surface area contributed by atoms with Crippen LogP contribution in [0.3, 0.4) is 0 Å². The van der Waals surface area contributed by atoms with Gasteiger partial charge in [-0.3, -0.25) is 4.79 Å². The number of amides is 1. The Morgan fingerprint density at radius 2 is 2.00 bits per heavy atom. The minimum atomic E-state index is -3.22. The molecule has 1 saturated carbocycles. The molecule has 0 spiro atoms. The number of ether oxygens (including phenoxy) is 1. The van der Waals surface area contributed by atoms with Crippen LogP contribution in [0.5, 0.6) is 5.75 Å². The summed E-state index contributed by atoms with van der Waals surface area (Å²) in [7, 11) is -3.22. The fourth-order valence-electron chi connectivity index (χ4n) is 3.33. The average Bonchev–Trinajstić information content (AvgIpc) is 3.26. The Balaban J connectivity index is 1.57. The van der Waals surface area contributed by atoms with Gasteiger partial charge in [-0.1, -0.05) is 18.2 Å². The lowest BCUT2D eigenvalue weighted by molar-refractivity contribution is -0.124. The van der Waals surface area contributed by atoms with Crippen molar-refractivity contribution in [3.8, 4) is 5.75 Å². The number of nitrogens with one attached hydrogen (secondary N) is 1. The SMILES string of the molecule is Cc1ccccc1OCC(=O)N[C@H]1CN(S(C)(=O)=O)C[C@@H]1C1CC1. The molecule has 1 N–H and O–H groups in total. The first-order valence-electron chi connectivity index (χ1n) is 8.27. The van der Waals surface area contributed by atoms with Crippen LogP contribution in [0.4, 0.5) is 0 Å². The summed E-state index contributed by atoms with van der Waals surface area (Å²) in [6.07, 6.45) is 3.46. The number of aryl methyl sites for hydroxylation is 1. The van der Waals surface area contributed by atoms with Gasteiger partial charge in [0.1, 0.15) is 5.75 Å². The van der Waals surface area contributed by atoms with Crippen LogP contribution in [0.2, 0.25) is 0 Å². The number of carbonyl (C=O) groups is 1. The van der Waals surface area contributed by atoms with Crippen molar-refractivity contribution < 1.29 is 17.9 Å². The van der Waals surface area contributed by atoms with E-state index in [1.807, 2.05) is 31.2 Å². The molecule has 1 saturated heterocycles. The maximum Gasteiger partial charge on any atom is 0.258 e. The number of hydrogen-bond acceptors (Lipinski definition) is 4. The van der Waals surface area contributed by atoms with Crippen LogP contribution in [0.1, 0.15) is 18.4 Å². The summed E-state index contributed by atoms with van der Waals surface area (Å²) >= 11 is 0. The topological polar surface area (TPSA) is 75.7 Å². The summed E-state index contributed by atoms with van der Waals surface area (Å²) in [4.78, 5) is 12.2. The third-order valence-electron chi connectivity index (χ3n) is 4.83. The van der Waals surface area contributed by atoms with Gasteiger partial charge in [0, 0.05) is 19.1 Å². The molecule has 1 heterocycles. The van der Waals surface area contributed by atoms with Crippen LogP contribution in [0.15, 0.2) is 24.3 Å². The van der Waals surface area contributed by atoms with Crippen molar-refractivity contribution in [3.05, 3.63) is 29.8 Å². The number of benzene rings is 1. The van der Waals surface area contributed by atoms with Gasteiger partial charge in [-0.05, 0) is 43.2 Å². The van der Waals surface area contributed by atoms with Gasteiger partial charge in [0.25, 0.3) is 5.91 Å². The van der Waals surface area contributed by atoms with Crippen LogP contribution in [-0.2, 0) is 14.8 Å². The van der Waals surface area contributed by atoms with Crippen LogP contribution in [-0.4, -0.2) is 50.6 Å². The zero-order chi connectivity index (χ0) is 17.3. The summed E-state index contributed by atoms with van der Waals surface area (Å²) in [5, 5.41) is 2.97. The van der Waals surface area contributed by atoms with E-state index in [9.17, 15) is 13.2 Å². The largest absolute Gasteiger partial charge is 0.484 e. The highest BCUT2D eigenvalue weighted by molar-refractivity contribution is 7.88. The zero-order valence-corrected chi connectivity index (χ0v) is 14.9. The number of rotatable bonds is 6. The molecular weight excluding hydrogens is 328 g/mol. The lowest BCUT2D eigenvalue weighted by atomic mass is 9.98. The fourth-order valence-corrected chi connectivity index (χ4v) is 4.20. The van der Waals surface area contributed by atoms with Crippen molar-refractivity contribution in [2.24, 2.45) is 11.8 Å². The highest BCUT2D eigenvalue weighted by atomic mass is 32.2. The van der Waals surface area contributed by atoms with Crippen molar-refractivity contribution in [1.82, 2.24) is 9.62 Å². The Kier molecular flexibility index (Phi) is 4.83. The molecule has 2 atom stereocenters. The third kappa shape index (κ3) is 4.08. The molecule has 1 amide bonds. The number of carbonyl (C=O) groups excluding carboxylic acids is 1. The van der Waals surface area contributed by atoms with Gasteiger partial charge in [0.15, 0.2) is 6.61 Å². The number of hydrogen-bond donors (Lipinski definition) is 1. The van der Waals surface area contributed by atoms with Gasteiger partial charge in [0.05, 0.1) is 6.26 Å². The second-order valence-corrected chi connectivity index (χ2v) is 8.79.